The molecule has 1 aliphatic rings. The molecule has 1 amide bonds. The minimum Gasteiger partial charge on any atom is -0.368 e. The Morgan fingerprint density at radius 2 is 1.60 bits per heavy atom. The van der Waals surface area contributed by atoms with E-state index in [2.05, 4.69) is 61.7 Å². The SMILES string of the molecule is O=C(CSc1nnc(N2CCN(c3ccccc3)CC2)s1)NCCc1ccccc1. The number of nitrogens with one attached hydrogen (secondary N) is 1. The normalized spacial score (nSPS) is 14.0. The van der Waals surface area contributed by atoms with Crippen molar-refractivity contribution in [2.45, 2.75) is 10.8 Å². The molecule has 1 aliphatic heterocycles. The first-order valence-corrected chi connectivity index (χ1v) is 11.9. The molecule has 6 nitrogen and oxygen atoms in total. The van der Waals surface area contributed by atoms with E-state index in [-0.39, 0.29) is 5.91 Å². The zero-order valence-corrected chi connectivity index (χ0v) is 18.4. The minimum absolute atomic E-state index is 0.0316. The van der Waals surface area contributed by atoms with Crippen LogP contribution in [-0.4, -0.2) is 54.6 Å². The number of benzene rings is 2. The lowest BCUT2D eigenvalue weighted by molar-refractivity contribution is -0.118. The largest absolute Gasteiger partial charge is 0.368 e. The molecule has 0 unspecified atom stereocenters. The van der Waals surface area contributed by atoms with Crippen LogP contribution in [0.25, 0.3) is 0 Å². The Bertz CT molecular complexity index is 927. The minimum atomic E-state index is 0.0316. The summed E-state index contributed by atoms with van der Waals surface area (Å²) in [5.74, 6) is 0.398. The molecule has 1 saturated heterocycles. The van der Waals surface area contributed by atoms with Crippen molar-refractivity contribution in [1.82, 2.24) is 15.5 Å². The first-order chi connectivity index (χ1) is 14.8. The van der Waals surface area contributed by atoms with Gasteiger partial charge < -0.3 is 15.1 Å². The van der Waals surface area contributed by atoms with Crippen LogP contribution in [0.15, 0.2) is 65.0 Å². The predicted octanol–water partition coefficient (Wildman–Crippen LogP) is 3.32. The van der Waals surface area contributed by atoms with Crippen LogP contribution in [0.1, 0.15) is 5.56 Å². The maximum absolute atomic E-state index is 12.1. The standard InChI is InChI=1S/C22H25N5OS2/c28-20(23-12-11-18-7-3-1-4-8-18)17-29-22-25-24-21(30-22)27-15-13-26(14-16-27)19-9-5-2-6-10-19/h1-10H,11-17H2,(H,23,28). The van der Waals surface area contributed by atoms with E-state index in [1.54, 1.807) is 11.3 Å². The van der Waals surface area contributed by atoms with Gasteiger partial charge in [0.2, 0.25) is 11.0 Å². The van der Waals surface area contributed by atoms with Gasteiger partial charge in [0.05, 0.1) is 5.75 Å². The lowest BCUT2D eigenvalue weighted by Gasteiger charge is -2.35. The van der Waals surface area contributed by atoms with Crippen molar-refractivity contribution in [2.75, 3.05) is 48.3 Å². The highest BCUT2D eigenvalue weighted by molar-refractivity contribution is 8.01. The zero-order chi connectivity index (χ0) is 20.6. The monoisotopic (exact) mass is 439 g/mol. The summed E-state index contributed by atoms with van der Waals surface area (Å²) < 4.78 is 0.841. The van der Waals surface area contributed by atoms with Crippen LogP contribution >= 0.6 is 23.1 Å². The van der Waals surface area contributed by atoms with E-state index in [9.17, 15) is 4.79 Å². The van der Waals surface area contributed by atoms with E-state index in [0.29, 0.717) is 12.3 Å². The van der Waals surface area contributed by atoms with Gasteiger partial charge in [0.25, 0.3) is 0 Å². The molecule has 1 N–H and O–H groups in total. The quantitative estimate of drug-likeness (QED) is 0.544. The highest BCUT2D eigenvalue weighted by Crippen LogP contribution is 2.29. The molecular formula is C22H25N5OS2. The first kappa shape index (κ1) is 20.7. The molecule has 30 heavy (non-hydrogen) atoms. The van der Waals surface area contributed by atoms with Gasteiger partial charge in [0.15, 0.2) is 4.34 Å². The topological polar surface area (TPSA) is 61.4 Å². The van der Waals surface area contributed by atoms with Crippen LogP contribution in [0.3, 0.4) is 0 Å². The Hall–Kier alpha value is -2.58. The molecule has 0 bridgehead atoms. The van der Waals surface area contributed by atoms with E-state index in [1.807, 2.05) is 24.3 Å². The predicted molar refractivity (Wildman–Crippen MR) is 125 cm³/mol. The molecule has 0 radical (unpaired) electrons. The summed E-state index contributed by atoms with van der Waals surface area (Å²) in [6.07, 6.45) is 0.842. The van der Waals surface area contributed by atoms with Gasteiger partial charge in [-0.25, -0.2) is 0 Å². The number of thioether (sulfide) groups is 1. The van der Waals surface area contributed by atoms with Gasteiger partial charge in [0.1, 0.15) is 0 Å². The maximum atomic E-state index is 12.1. The van der Waals surface area contributed by atoms with Crippen molar-refractivity contribution < 1.29 is 4.79 Å². The number of para-hydroxylation sites is 1. The molecule has 0 saturated carbocycles. The van der Waals surface area contributed by atoms with E-state index in [0.717, 1.165) is 42.1 Å². The molecule has 1 fully saturated rings. The smallest absolute Gasteiger partial charge is 0.230 e. The number of nitrogens with zero attached hydrogens (tertiary/aromatic N) is 4. The fourth-order valence-electron chi connectivity index (χ4n) is 3.35. The van der Waals surface area contributed by atoms with Crippen LogP contribution in [0.2, 0.25) is 0 Å². The Balaban J connectivity index is 1.18. The molecular weight excluding hydrogens is 414 g/mol. The Labute approximate surface area is 185 Å². The fourth-order valence-corrected chi connectivity index (χ4v) is 5.08. The van der Waals surface area contributed by atoms with Gasteiger partial charge in [-0.1, -0.05) is 71.6 Å². The number of hydrogen-bond acceptors (Lipinski definition) is 7. The molecule has 4 rings (SSSR count). The Morgan fingerprint density at radius 3 is 2.33 bits per heavy atom. The van der Waals surface area contributed by atoms with Crippen LogP contribution < -0.4 is 15.1 Å². The third-order valence-electron chi connectivity index (χ3n) is 4.97. The van der Waals surface area contributed by atoms with Gasteiger partial charge in [-0.15, -0.1) is 10.2 Å². The van der Waals surface area contributed by atoms with Crippen molar-refractivity contribution in [2.24, 2.45) is 0 Å². The average molecular weight is 440 g/mol. The molecule has 2 aromatic carbocycles. The third-order valence-corrected chi connectivity index (χ3v) is 7.09. The second kappa shape index (κ2) is 10.4. The summed E-state index contributed by atoms with van der Waals surface area (Å²) in [4.78, 5) is 16.8. The van der Waals surface area contributed by atoms with E-state index >= 15 is 0 Å². The molecule has 8 heteroatoms. The molecule has 1 aromatic heterocycles. The molecule has 0 aliphatic carbocycles. The van der Waals surface area contributed by atoms with Crippen LogP contribution in [0, 0.1) is 0 Å². The maximum Gasteiger partial charge on any atom is 0.230 e. The van der Waals surface area contributed by atoms with Crippen LogP contribution in [-0.2, 0) is 11.2 Å². The Morgan fingerprint density at radius 1 is 0.933 bits per heavy atom. The van der Waals surface area contributed by atoms with Crippen molar-refractivity contribution in [3.63, 3.8) is 0 Å². The molecule has 3 aromatic rings. The fraction of sp³-hybridized carbons (Fsp3) is 0.318. The number of hydrogen-bond donors (Lipinski definition) is 1. The highest BCUT2D eigenvalue weighted by atomic mass is 32.2. The first-order valence-electron chi connectivity index (χ1n) is 10.1. The molecule has 0 spiro atoms. The lowest BCUT2D eigenvalue weighted by atomic mass is 10.1. The van der Waals surface area contributed by atoms with Gasteiger partial charge in [-0.05, 0) is 24.1 Å². The highest BCUT2D eigenvalue weighted by Gasteiger charge is 2.20. The molecule has 2 heterocycles. The zero-order valence-electron chi connectivity index (χ0n) is 16.7. The Kier molecular flexibility index (Phi) is 7.20. The number of carbonyl (C=O) groups is 1. The summed E-state index contributed by atoms with van der Waals surface area (Å²) in [5.41, 5.74) is 2.50. The van der Waals surface area contributed by atoms with E-state index in [1.165, 1.54) is 23.0 Å². The van der Waals surface area contributed by atoms with Crippen molar-refractivity contribution >= 4 is 39.8 Å². The summed E-state index contributed by atoms with van der Waals surface area (Å²) in [5, 5.41) is 12.5. The van der Waals surface area contributed by atoms with Crippen molar-refractivity contribution in [1.29, 1.82) is 0 Å². The van der Waals surface area contributed by atoms with Gasteiger partial charge in [0, 0.05) is 38.4 Å². The van der Waals surface area contributed by atoms with E-state index < -0.39 is 0 Å². The van der Waals surface area contributed by atoms with Crippen molar-refractivity contribution in [3.05, 3.63) is 66.2 Å². The second-order valence-electron chi connectivity index (χ2n) is 7.03. The number of carbonyl (C=O) groups excluding carboxylic acids is 1. The number of amides is 1. The van der Waals surface area contributed by atoms with Crippen LogP contribution in [0.5, 0.6) is 0 Å². The average Bonchev–Trinajstić information content (AvgIpc) is 3.28. The summed E-state index contributed by atoms with van der Waals surface area (Å²) in [6, 6.07) is 20.7. The summed E-state index contributed by atoms with van der Waals surface area (Å²) >= 11 is 3.02. The molecule has 0 atom stereocenters. The van der Waals surface area contributed by atoms with Crippen LogP contribution in [0.4, 0.5) is 10.8 Å². The van der Waals surface area contributed by atoms with E-state index in [4.69, 9.17) is 0 Å². The lowest BCUT2D eigenvalue weighted by Crippen LogP contribution is -2.46. The summed E-state index contributed by atoms with van der Waals surface area (Å²) in [6.45, 7) is 4.44. The molecule has 156 valence electrons. The summed E-state index contributed by atoms with van der Waals surface area (Å²) in [7, 11) is 0. The van der Waals surface area contributed by atoms with Gasteiger partial charge >= 0.3 is 0 Å². The van der Waals surface area contributed by atoms with Crippen molar-refractivity contribution in [3.8, 4) is 0 Å². The van der Waals surface area contributed by atoms with Gasteiger partial charge in [-0.3, -0.25) is 4.79 Å². The second-order valence-corrected chi connectivity index (χ2v) is 9.21. The number of anilines is 2. The number of aromatic nitrogens is 2. The number of rotatable bonds is 8. The third kappa shape index (κ3) is 5.73. The van der Waals surface area contributed by atoms with Gasteiger partial charge in [-0.2, -0.15) is 0 Å². The number of piperazine rings is 1.